The standard InChI is InChI=1S/C32H42N4O5S.C3H8.C2H6.H2/c1-7-8-9-12-21-40-32(35-24(4)26-17-19-33-20-18-26)31(41-29-14-11-10-13-28(29)39-6)25(5)36-42(37,38)30-16-15-27(22-34-30)23(2)3;1-3-2;1-2;/h10-11,13-20,22-24,36H,7-9,12,21H2,1-6H3;3H2,1-2H3;1-2H3;1H/b31-25-,35-32?;;;. The number of methoxy groups -OCH3 is 1. The Morgan fingerprint density at radius 2 is 1.55 bits per heavy atom. The molecule has 1 unspecified atom stereocenters. The molecule has 0 spiro atoms. The van der Waals surface area contributed by atoms with Gasteiger partial charge in [0.15, 0.2) is 16.5 Å². The van der Waals surface area contributed by atoms with E-state index >= 15 is 0 Å². The molecule has 10 heteroatoms. The maximum absolute atomic E-state index is 13.4. The number of rotatable bonds is 15. The van der Waals surface area contributed by atoms with Crippen LogP contribution in [-0.2, 0) is 14.8 Å². The average Bonchev–Trinajstić information content (AvgIpc) is 3.08. The van der Waals surface area contributed by atoms with E-state index < -0.39 is 10.0 Å². The van der Waals surface area contributed by atoms with E-state index in [1.54, 1.807) is 56.9 Å². The Bertz CT molecular complexity index is 1460. The number of nitrogens with one attached hydrogen (secondary N) is 1. The summed E-state index contributed by atoms with van der Waals surface area (Å²) in [5, 5.41) is -0.105. The van der Waals surface area contributed by atoms with Crippen LogP contribution >= 0.6 is 0 Å². The minimum Gasteiger partial charge on any atom is -0.493 e. The van der Waals surface area contributed by atoms with Gasteiger partial charge in [0.25, 0.3) is 15.9 Å². The molecule has 0 amide bonds. The first kappa shape index (κ1) is 41.1. The topological polar surface area (TPSA) is 112 Å². The van der Waals surface area contributed by atoms with Gasteiger partial charge in [0.1, 0.15) is 0 Å². The highest BCUT2D eigenvalue weighted by Gasteiger charge is 2.24. The van der Waals surface area contributed by atoms with Gasteiger partial charge in [-0.05, 0) is 67.6 Å². The van der Waals surface area contributed by atoms with Crippen molar-refractivity contribution in [2.45, 2.75) is 111 Å². The van der Waals surface area contributed by atoms with E-state index in [4.69, 9.17) is 19.2 Å². The number of aliphatic imine (C=N–C) groups is 1. The maximum Gasteiger partial charge on any atom is 0.279 e. The molecule has 9 nitrogen and oxygen atoms in total. The smallest absolute Gasteiger partial charge is 0.279 e. The van der Waals surface area contributed by atoms with Crippen LogP contribution in [0.25, 0.3) is 0 Å². The first-order valence-electron chi connectivity index (χ1n) is 16.7. The molecule has 3 aromatic rings. The SMILES string of the molecule is CC.CCC.CCCCCCOC(=NC(C)c1ccncc1)/C(Oc1ccccc1OC)=C(\C)NS(=O)(=O)c1ccc(C(C)C)cn1.[HH]. The van der Waals surface area contributed by atoms with Gasteiger partial charge >= 0.3 is 0 Å². The van der Waals surface area contributed by atoms with Crippen molar-refractivity contribution in [1.29, 1.82) is 0 Å². The van der Waals surface area contributed by atoms with E-state index in [0.717, 1.165) is 36.8 Å². The molecule has 0 saturated carbocycles. The first-order chi connectivity index (χ1) is 22.6. The van der Waals surface area contributed by atoms with Crippen LogP contribution in [-0.4, -0.2) is 38.0 Å². The number of aromatic nitrogens is 2. The first-order valence-corrected chi connectivity index (χ1v) is 18.2. The number of ether oxygens (including phenoxy) is 3. The number of sulfonamides is 1. The summed E-state index contributed by atoms with van der Waals surface area (Å²) >= 11 is 0. The summed E-state index contributed by atoms with van der Waals surface area (Å²) in [6, 6.07) is 13.8. The van der Waals surface area contributed by atoms with Crippen LogP contribution in [0.1, 0.15) is 119 Å². The Morgan fingerprint density at radius 3 is 2.11 bits per heavy atom. The lowest BCUT2D eigenvalue weighted by Gasteiger charge is -2.20. The molecule has 1 N–H and O–H groups in total. The van der Waals surface area contributed by atoms with Gasteiger partial charge in [0, 0.05) is 20.0 Å². The predicted octanol–water partition coefficient (Wildman–Crippen LogP) is 9.64. The highest BCUT2D eigenvalue weighted by molar-refractivity contribution is 7.89. The second kappa shape index (κ2) is 22.6. The molecule has 0 aliphatic rings. The van der Waals surface area contributed by atoms with Crippen LogP contribution in [0, 0.1) is 0 Å². The van der Waals surface area contributed by atoms with Crippen LogP contribution < -0.4 is 14.2 Å². The fraction of sp³-hybridized carbons (Fsp3) is 0.486. The van der Waals surface area contributed by atoms with Gasteiger partial charge in [0.2, 0.25) is 5.76 Å². The van der Waals surface area contributed by atoms with Gasteiger partial charge in [-0.2, -0.15) is 8.42 Å². The number of benzene rings is 1. The number of hydrogen-bond acceptors (Lipinski definition) is 8. The minimum absolute atomic E-state index is 0. The van der Waals surface area contributed by atoms with Gasteiger partial charge in [-0.25, -0.2) is 9.98 Å². The Morgan fingerprint density at radius 1 is 0.915 bits per heavy atom. The van der Waals surface area contributed by atoms with Crippen molar-refractivity contribution in [2.24, 2.45) is 4.99 Å². The molecule has 0 saturated heterocycles. The number of nitrogens with zero attached hydrogens (tertiary/aromatic N) is 3. The van der Waals surface area contributed by atoms with Gasteiger partial charge in [-0.3, -0.25) is 9.71 Å². The highest BCUT2D eigenvalue weighted by atomic mass is 32.2. The van der Waals surface area contributed by atoms with Crippen LogP contribution in [0.2, 0.25) is 0 Å². The van der Waals surface area contributed by atoms with E-state index in [-0.39, 0.29) is 35.8 Å². The van der Waals surface area contributed by atoms with Crippen LogP contribution in [0.4, 0.5) is 0 Å². The Balaban J connectivity index is 0.00000348. The van der Waals surface area contributed by atoms with Crippen LogP contribution in [0.3, 0.4) is 0 Å². The Labute approximate surface area is 285 Å². The lowest BCUT2D eigenvalue weighted by molar-refractivity contribution is 0.271. The van der Waals surface area contributed by atoms with Crippen molar-refractivity contribution in [1.82, 2.24) is 14.7 Å². The minimum atomic E-state index is -4.05. The van der Waals surface area contributed by atoms with Crippen molar-refractivity contribution >= 4 is 15.9 Å². The van der Waals surface area contributed by atoms with Crippen molar-refractivity contribution in [3.63, 3.8) is 0 Å². The van der Waals surface area contributed by atoms with E-state index in [1.165, 1.54) is 12.5 Å². The van der Waals surface area contributed by atoms with Gasteiger partial charge in [0.05, 0.1) is 25.5 Å². The number of para-hydroxylation sites is 2. The molecule has 2 heterocycles. The summed E-state index contributed by atoms with van der Waals surface area (Å²) in [7, 11) is -2.51. The molecular weight excluding hydrogens is 612 g/mol. The lowest BCUT2D eigenvalue weighted by atomic mass is 10.1. The van der Waals surface area contributed by atoms with E-state index in [9.17, 15) is 8.42 Å². The zero-order valence-corrected chi connectivity index (χ0v) is 30.9. The second-order valence-electron chi connectivity index (χ2n) is 10.9. The fourth-order valence-corrected chi connectivity index (χ4v) is 5.08. The molecule has 262 valence electrons. The Kier molecular flexibility index (Phi) is 19.7. The molecule has 0 radical (unpaired) electrons. The zero-order valence-electron chi connectivity index (χ0n) is 30.0. The molecule has 0 bridgehead atoms. The molecule has 0 fully saturated rings. The monoisotopic (exact) mass is 670 g/mol. The fourth-order valence-electron chi connectivity index (χ4n) is 4.04. The summed E-state index contributed by atoms with van der Waals surface area (Å²) < 4.78 is 47.6. The van der Waals surface area contributed by atoms with Crippen molar-refractivity contribution < 1.29 is 24.1 Å². The third kappa shape index (κ3) is 14.2. The maximum atomic E-state index is 13.4. The molecule has 3 rings (SSSR count). The molecular formula is C37H58N4O5S. The predicted molar refractivity (Wildman–Crippen MR) is 195 cm³/mol. The molecule has 0 aliphatic carbocycles. The largest absolute Gasteiger partial charge is 0.493 e. The summed E-state index contributed by atoms with van der Waals surface area (Å²) in [5.74, 6) is 1.37. The summed E-state index contributed by atoms with van der Waals surface area (Å²) in [6.07, 6.45) is 10.2. The number of unbranched alkanes of at least 4 members (excludes halogenated alkanes) is 3. The van der Waals surface area contributed by atoms with E-state index in [1.807, 2.05) is 52.8 Å². The van der Waals surface area contributed by atoms with Gasteiger partial charge in [-0.1, -0.05) is 92.3 Å². The molecule has 0 aliphatic heterocycles. The number of pyridine rings is 2. The Hall–Kier alpha value is -3.92. The van der Waals surface area contributed by atoms with Crippen molar-refractivity contribution in [3.05, 3.63) is 89.7 Å². The summed E-state index contributed by atoms with van der Waals surface area (Å²) in [4.78, 5) is 13.2. The molecule has 2 aromatic heterocycles. The van der Waals surface area contributed by atoms with E-state index in [0.29, 0.717) is 18.1 Å². The lowest BCUT2D eigenvalue weighted by Crippen LogP contribution is -2.28. The quantitative estimate of drug-likeness (QED) is 0.0741. The van der Waals surface area contributed by atoms with E-state index in [2.05, 4.69) is 35.5 Å². The molecule has 1 atom stereocenters. The number of allylic oxidation sites excluding steroid dienone is 1. The normalized spacial score (nSPS) is 12.4. The van der Waals surface area contributed by atoms with Crippen LogP contribution in [0.15, 0.2) is 88.6 Å². The van der Waals surface area contributed by atoms with Gasteiger partial charge < -0.3 is 14.2 Å². The van der Waals surface area contributed by atoms with Gasteiger partial charge in [-0.15, -0.1) is 0 Å². The third-order valence-electron chi connectivity index (χ3n) is 6.54. The summed E-state index contributed by atoms with van der Waals surface area (Å²) in [6.45, 7) is 18.4. The average molecular weight is 671 g/mol. The second-order valence-corrected chi connectivity index (χ2v) is 12.5. The summed E-state index contributed by atoms with van der Waals surface area (Å²) in [5.41, 5.74) is 2.05. The van der Waals surface area contributed by atoms with Crippen molar-refractivity contribution in [3.8, 4) is 11.5 Å². The van der Waals surface area contributed by atoms with Crippen LogP contribution in [0.5, 0.6) is 11.5 Å². The molecule has 47 heavy (non-hydrogen) atoms. The molecule has 1 aromatic carbocycles. The number of hydrogen-bond donors (Lipinski definition) is 1. The highest BCUT2D eigenvalue weighted by Crippen LogP contribution is 2.30. The van der Waals surface area contributed by atoms with Crippen molar-refractivity contribution in [2.75, 3.05) is 13.7 Å². The third-order valence-corrected chi connectivity index (χ3v) is 7.91. The zero-order chi connectivity index (χ0) is 35.2.